The van der Waals surface area contributed by atoms with Crippen LogP contribution in [-0.2, 0) is 4.79 Å². The fourth-order valence-electron chi connectivity index (χ4n) is 1.74. The van der Waals surface area contributed by atoms with Crippen LogP contribution in [0.2, 0.25) is 0 Å². The normalized spacial score (nSPS) is 10.8. The van der Waals surface area contributed by atoms with E-state index < -0.39 is 0 Å². The molecule has 1 aromatic rings. The fourth-order valence-corrected chi connectivity index (χ4v) is 1.74. The lowest BCUT2D eigenvalue weighted by atomic mass is 10.1. The Bertz CT molecular complexity index is 513. The fraction of sp³-hybridized carbons (Fsp3) is 0.467. The number of amides is 1. The topological polar surface area (TPSA) is 69.2 Å². The zero-order valence-electron chi connectivity index (χ0n) is 13.1. The smallest absolute Gasteiger partial charge is 0.240 e. The van der Waals surface area contributed by atoms with Gasteiger partial charge >= 0.3 is 0 Å². The second-order valence-corrected chi connectivity index (χ2v) is 4.84. The van der Waals surface area contributed by atoms with E-state index in [-0.39, 0.29) is 11.8 Å². The highest BCUT2D eigenvalue weighted by Crippen LogP contribution is 2.33. The van der Waals surface area contributed by atoms with Crippen LogP contribution in [0.3, 0.4) is 0 Å². The lowest BCUT2D eigenvalue weighted by Crippen LogP contribution is -2.19. The van der Waals surface area contributed by atoms with Crippen molar-refractivity contribution < 1.29 is 19.0 Å². The minimum atomic E-state index is -0.124. The van der Waals surface area contributed by atoms with Gasteiger partial charge in [0, 0.05) is 18.1 Å². The highest BCUT2D eigenvalue weighted by atomic mass is 16.5. The summed E-state index contributed by atoms with van der Waals surface area (Å²) in [5.74, 6) is 1.87. The van der Waals surface area contributed by atoms with Gasteiger partial charge in [-0.05, 0) is 12.0 Å². The second-order valence-electron chi connectivity index (χ2n) is 4.84. The summed E-state index contributed by atoms with van der Waals surface area (Å²) < 4.78 is 15.7. The van der Waals surface area contributed by atoms with E-state index in [0.29, 0.717) is 29.2 Å². The summed E-state index contributed by atoms with van der Waals surface area (Å²) in [5, 5.41) is 3.93. The summed E-state index contributed by atoms with van der Waals surface area (Å²) in [5.41, 5.74) is 3.16. The molecule has 0 radical (unpaired) electrons. The highest BCUT2D eigenvalue weighted by molar-refractivity contribution is 5.86. The van der Waals surface area contributed by atoms with Gasteiger partial charge in [0.05, 0.1) is 27.5 Å². The molecule has 21 heavy (non-hydrogen) atoms. The number of rotatable bonds is 7. The number of carbonyl (C=O) groups is 1. The van der Waals surface area contributed by atoms with Crippen LogP contribution in [0.15, 0.2) is 17.2 Å². The van der Waals surface area contributed by atoms with Crippen molar-refractivity contribution in [1.29, 1.82) is 0 Å². The zero-order valence-corrected chi connectivity index (χ0v) is 13.1. The molecule has 1 rings (SSSR count). The van der Waals surface area contributed by atoms with Crippen LogP contribution >= 0.6 is 0 Å². The number of carbonyl (C=O) groups excluding carboxylic acids is 1. The summed E-state index contributed by atoms with van der Waals surface area (Å²) in [4.78, 5) is 11.5. The number of hydrazone groups is 1. The summed E-state index contributed by atoms with van der Waals surface area (Å²) in [6, 6.07) is 3.44. The lowest BCUT2D eigenvalue weighted by Gasteiger charge is -2.11. The van der Waals surface area contributed by atoms with Gasteiger partial charge in [-0.15, -0.1) is 0 Å². The first-order valence-corrected chi connectivity index (χ1v) is 6.63. The zero-order chi connectivity index (χ0) is 15.8. The van der Waals surface area contributed by atoms with E-state index in [0.717, 1.165) is 0 Å². The first-order valence-electron chi connectivity index (χ1n) is 6.63. The number of methoxy groups -OCH3 is 3. The van der Waals surface area contributed by atoms with Crippen LogP contribution in [-0.4, -0.2) is 33.5 Å². The van der Waals surface area contributed by atoms with Crippen LogP contribution in [0.25, 0.3) is 0 Å². The average Bonchev–Trinajstić information content (AvgIpc) is 2.45. The molecule has 0 aliphatic carbocycles. The van der Waals surface area contributed by atoms with E-state index in [9.17, 15) is 4.79 Å². The van der Waals surface area contributed by atoms with Crippen molar-refractivity contribution in [2.24, 2.45) is 11.0 Å². The van der Waals surface area contributed by atoms with E-state index in [4.69, 9.17) is 14.2 Å². The molecule has 1 amide bonds. The maximum atomic E-state index is 11.5. The Morgan fingerprint density at radius 3 is 2.24 bits per heavy atom. The van der Waals surface area contributed by atoms with Gasteiger partial charge < -0.3 is 14.2 Å². The number of hydrogen-bond acceptors (Lipinski definition) is 5. The Morgan fingerprint density at radius 2 is 1.71 bits per heavy atom. The molecule has 6 nitrogen and oxygen atoms in total. The Balaban J connectivity index is 2.89. The van der Waals surface area contributed by atoms with Gasteiger partial charge in [0.1, 0.15) is 5.75 Å². The molecule has 116 valence electrons. The third-order valence-corrected chi connectivity index (χ3v) is 2.72. The summed E-state index contributed by atoms with van der Waals surface area (Å²) >= 11 is 0. The predicted octanol–water partition coefficient (Wildman–Crippen LogP) is 2.21. The number of nitrogens with one attached hydrogen (secondary N) is 1. The van der Waals surface area contributed by atoms with Gasteiger partial charge in [-0.25, -0.2) is 5.43 Å². The molecule has 0 aliphatic heterocycles. The molecule has 0 fully saturated rings. The minimum absolute atomic E-state index is 0.124. The van der Waals surface area contributed by atoms with Gasteiger partial charge in [0.2, 0.25) is 5.91 Å². The predicted molar refractivity (Wildman–Crippen MR) is 81.3 cm³/mol. The monoisotopic (exact) mass is 294 g/mol. The third kappa shape index (κ3) is 4.98. The van der Waals surface area contributed by atoms with E-state index in [1.807, 2.05) is 13.8 Å². The summed E-state index contributed by atoms with van der Waals surface area (Å²) in [7, 11) is 4.66. The second kappa shape index (κ2) is 8.14. The molecule has 6 heteroatoms. The quantitative estimate of drug-likeness (QED) is 0.618. The highest BCUT2D eigenvalue weighted by Gasteiger charge is 2.10. The van der Waals surface area contributed by atoms with Gasteiger partial charge in [0.15, 0.2) is 11.5 Å². The van der Waals surface area contributed by atoms with Crippen molar-refractivity contribution in [2.75, 3.05) is 21.3 Å². The Hall–Kier alpha value is -2.24. The third-order valence-electron chi connectivity index (χ3n) is 2.72. The van der Waals surface area contributed by atoms with Crippen LogP contribution < -0.4 is 19.6 Å². The van der Waals surface area contributed by atoms with Crippen molar-refractivity contribution in [3.05, 3.63) is 17.7 Å². The molecule has 0 spiro atoms. The van der Waals surface area contributed by atoms with Crippen LogP contribution in [0, 0.1) is 5.92 Å². The molecule has 0 aliphatic rings. The van der Waals surface area contributed by atoms with Crippen molar-refractivity contribution in [1.82, 2.24) is 5.43 Å². The van der Waals surface area contributed by atoms with Gasteiger partial charge in [-0.1, -0.05) is 13.8 Å². The van der Waals surface area contributed by atoms with E-state index >= 15 is 0 Å². The van der Waals surface area contributed by atoms with Crippen molar-refractivity contribution in [3.8, 4) is 17.2 Å². The Labute approximate surface area is 125 Å². The van der Waals surface area contributed by atoms with Gasteiger partial charge in [0.25, 0.3) is 0 Å². The molecule has 0 saturated heterocycles. The first kappa shape index (κ1) is 16.8. The Morgan fingerprint density at radius 1 is 1.14 bits per heavy atom. The van der Waals surface area contributed by atoms with E-state index in [1.54, 1.807) is 33.5 Å². The molecule has 1 N–H and O–H groups in total. The van der Waals surface area contributed by atoms with E-state index in [2.05, 4.69) is 10.5 Å². The molecular weight excluding hydrogens is 272 g/mol. The summed E-state index contributed by atoms with van der Waals surface area (Å²) in [6.07, 6.45) is 1.94. The molecular formula is C15H22N2O4. The van der Waals surface area contributed by atoms with Crippen LogP contribution in [0.1, 0.15) is 25.8 Å². The molecule has 0 unspecified atom stereocenters. The van der Waals surface area contributed by atoms with Crippen molar-refractivity contribution >= 4 is 12.1 Å². The van der Waals surface area contributed by atoms with Gasteiger partial charge in [-0.3, -0.25) is 4.79 Å². The van der Waals surface area contributed by atoms with Crippen molar-refractivity contribution in [3.63, 3.8) is 0 Å². The molecule has 0 saturated carbocycles. The number of ether oxygens (including phenoxy) is 3. The van der Waals surface area contributed by atoms with Crippen LogP contribution in [0.5, 0.6) is 17.2 Å². The van der Waals surface area contributed by atoms with Gasteiger partial charge in [-0.2, -0.15) is 5.10 Å². The Kier molecular flexibility index (Phi) is 6.52. The number of nitrogens with zero attached hydrogens (tertiary/aromatic N) is 1. The lowest BCUT2D eigenvalue weighted by molar-refractivity contribution is -0.121. The average molecular weight is 294 g/mol. The van der Waals surface area contributed by atoms with Crippen molar-refractivity contribution in [2.45, 2.75) is 20.3 Å². The molecule has 0 atom stereocenters. The van der Waals surface area contributed by atoms with Crippen LogP contribution in [0.4, 0.5) is 0 Å². The molecule has 0 bridgehead atoms. The SMILES string of the molecule is COc1cc(OC)c(OC)cc1C=NNC(=O)CC(C)C. The first-order chi connectivity index (χ1) is 10.0. The molecule has 0 heterocycles. The molecule has 0 aromatic heterocycles. The molecule has 1 aromatic carbocycles. The maximum Gasteiger partial charge on any atom is 0.240 e. The largest absolute Gasteiger partial charge is 0.496 e. The minimum Gasteiger partial charge on any atom is -0.496 e. The number of hydrogen-bond donors (Lipinski definition) is 1. The number of benzene rings is 1. The standard InChI is InChI=1S/C15H22N2O4/c1-10(2)6-15(18)17-16-9-11-7-13(20-4)14(21-5)8-12(11)19-3/h7-10H,6H2,1-5H3,(H,17,18). The van der Waals surface area contributed by atoms with E-state index in [1.165, 1.54) is 6.21 Å². The summed E-state index contributed by atoms with van der Waals surface area (Å²) in [6.45, 7) is 3.95. The maximum absolute atomic E-state index is 11.5.